The van der Waals surface area contributed by atoms with Gasteiger partial charge in [-0.25, -0.2) is 0 Å². The number of fused-ring (bicyclic) bond motifs is 6. The number of nitrogens with zero attached hydrogens (tertiary/aromatic N) is 3. The lowest BCUT2D eigenvalue weighted by Gasteiger charge is -2.42. The van der Waals surface area contributed by atoms with Gasteiger partial charge in [-0.1, -0.05) is 6.07 Å². The number of aromatic nitrogens is 1. The van der Waals surface area contributed by atoms with E-state index in [-0.39, 0.29) is 18.0 Å². The first-order chi connectivity index (χ1) is 12.6. The molecule has 4 atom stereocenters. The van der Waals surface area contributed by atoms with Gasteiger partial charge in [-0.3, -0.25) is 19.4 Å². The zero-order chi connectivity index (χ0) is 17.8. The van der Waals surface area contributed by atoms with Crippen LogP contribution >= 0.6 is 0 Å². The molecular weight excluding hydrogens is 334 g/mol. The summed E-state index contributed by atoms with van der Waals surface area (Å²) in [6.07, 6.45) is 2.50. The van der Waals surface area contributed by atoms with Crippen LogP contribution in [-0.4, -0.2) is 70.4 Å². The lowest BCUT2D eigenvalue weighted by atomic mass is 9.83. The summed E-state index contributed by atoms with van der Waals surface area (Å²) in [4.78, 5) is 28.5. The molecule has 3 saturated heterocycles. The summed E-state index contributed by atoms with van der Waals surface area (Å²) in [5.74, 6) is -0.147. The van der Waals surface area contributed by atoms with Crippen molar-refractivity contribution in [3.8, 4) is 0 Å². The van der Waals surface area contributed by atoms with Crippen LogP contribution in [0.25, 0.3) is 0 Å². The minimum atomic E-state index is -0.776. The first-order valence-electron chi connectivity index (χ1n) is 9.59. The third-order valence-electron chi connectivity index (χ3n) is 6.50. The van der Waals surface area contributed by atoms with Gasteiger partial charge < -0.3 is 14.4 Å². The summed E-state index contributed by atoms with van der Waals surface area (Å²) < 4.78 is 7.63. The van der Waals surface area contributed by atoms with Crippen molar-refractivity contribution in [1.82, 2.24) is 14.4 Å². The Hall–Kier alpha value is -1.70. The number of carboxylic acids is 1. The normalized spacial score (nSPS) is 33.4. The molecule has 0 amide bonds. The fraction of sp³-hybridized carbons (Fsp3) is 0.684. The van der Waals surface area contributed by atoms with Gasteiger partial charge in [-0.15, -0.1) is 0 Å². The number of ether oxygens (including phenoxy) is 1. The zero-order valence-corrected chi connectivity index (χ0v) is 14.8. The fourth-order valence-corrected chi connectivity index (χ4v) is 5.42. The molecule has 0 aliphatic carbocycles. The Bertz CT molecular complexity index is 791. The Kier molecular flexibility index (Phi) is 3.92. The summed E-state index contributed by atoms with van der Waals surface area (Å²) in [6.45, 7) is 4.74. The smallest absolute Gasteiger partial charge is 0.317 e. The number of morpholine rings is 1. The van der Waals surface area contributed by atoms with E-state index >= 15 is 0 Å². The average Bonchev–Trinajstić information content (AvgIpc) is 3.20. The Labute approximate surface area is 152 Å². The van der Waals surface area contributed by atoms with Crippen molar-refractivity contribution in [1.29, 1.82) is 0 Å². The van der Waals surface area contributed by atoms with Crippen LogP contribution < -0.4 is 5.56 Å². The molecule has 5 rings (SSSR count). The molecule has 0 aromatic carbocycles. The second-order valence-electron chi connectivity index (χ2n) is 8.36. The van der Waals surface area contributed by atoms with Gasteiger partial charge in [0.15, 0.2) is 0 Å². The van der Waals surface area contributed by atoms with Crippen molar-refractivity contribution in [2.75, 3.05) is 32.8 Å². The molecule has 4 aliphatic rings. The topological polar surface area (TPSA) is 75.0 Å². The predicted octanol–water partition coefficient (Wildman–Crippen LogP) is 0.325. The molecule has 0 radical (unpaired) electrons. The minimum Gasteiger partial charge on any atom is -0.480 e. The van der Waals surface area contributed by atoms with Crippen LogP contribution in [0.5, 0.6) is 0 Å². The van der Waals surface area contributed by atoms with Crippen molar-refractivity contribution in [2.24, 2.45) is 5.92 Å². The average molecular weight is 359 g/mol. The largest absolute Gasteiger partial charge is 0.480 e. The lowest BCUT2D eigenvalue weighted by molar-refractivity contribution is -0.139. The number of hydrogen-bond donors (Lipinski definition) is 1. The first-order valence-corrected chi connectivity index (χ1v) is 9.59. The van der Waals surface area contributed by atoms with E-state index in [1.165, 1.54) is 0 Å². The summed E-state index contributed by atoms with van der Waals surface area (Å²) in [5.41, 5.74) is 2.10. The number of rotatable bonds is 4. The number of likely N-dealkylation sites (tertiary alicyclic amines) is 2. The van der Waals surface area contributed by atoms with Crippen LogP contribution in [0.15, 0.2) is 16.9 Å². The molecule has 26 heavy (non-hydrogen) atoms. The second kappa shape index (κ2) is 6.18. The van der Waals surface area contributed by atoms with E-state index in [9.17, 15) is 9.59 Å². The molecule has 3 fully saturated rings. The number of carbonyl (C=O) groups is 1. The molecule has 7 nitrogen and oxygen atoms in total. The number of pyridine rings is 1. The van der Waals surface area contributed by atoms with Gasteiger partial charge in [0.05, 0.1) is 19.3 Å². The molecule has 1 aromatic rings. The Morgan fingerprint density at radius 1 is 1.19 bits per heavy atom. The van der Waals surface area contributed by atoms with E-state index in [0.29, 0.717) is 31.2 Å². The zero-order valence-electron chi connectivity index (χ0n) is 14.8. The molecule has 5 heterocycles. The van der Waals surface area contributed by atoms with Crippen LogP contribution in [0, 0.1) is 5.92 Å². The molecule has 7 heteroatoms. The standard InChI is InChI=1S/C19H25N3O4/c23-18(24)10-20-5-12-3-14(7-20)17-2-1-13(19(25)22(17)6-12)8-21-9-16-4-15(21)11-26-16/h1-2,12,14-16H,3-11H2,(H,23,24)/t12-,14+,15+,16+/m0/s1. The molecule has 140 valence electrons. The Morgan fingerprint density at radius 2 is 2.08 bits per heavy atom. The van der Waals surface area contributed by atoms with Gasteiger partial charge in [-0.05, 0) is 24.8 Å². The highest BCUT2D eigenvalue weighted by Crippen LogP contribution is 2.35. The highest BCUT2D eigenvalue weighted by molar-refractivity contribution is 5.69. The maximum atomic E-state index is 13.1. The van der Waals surface area contributed by atoms with Crippen LogP contribution in [0.2, 0.25) is 0 Å². The van der Waals surface area contributed by atoms with Crippen molar-refractivity contribution in [3.05, 3.63) is 33.7 Å². The van der Waals surface area contributed by atoms with Gasteiger partial charge in [0.1, 0.15) is 0 Å². The molecule has 1 aromatic heterocycles. The van der Waals surface area contributed by atoms with E-state index < -0.39 is 5.97 Å². The SMILES string of the molecule is O=C(O)CN1C[C@@H]2C[C@H](C1)c1ccc(CN3C[C@H]4C[C@@H]3CO4)c(=O)n1C2. The Morgan fingerprint density at radius 3 is 2.81 bits per heavy atom. The Balaban J connectivity index is 1.38. The van der Waals surface area contributed by atoms with Crippen LogP contribution in [0.3, 0.4) is 0 Å². The first kappa shape index (κ1) is 16.5. The van der Waals surface area contributed by atoms with E-state index in [1.54, 1.807) is 0 Å². The number of hydrogen-bond acceptors (Lipinski definition) is 5. The van der Waals surface area contributed by atoms with E-state index in [0.717, 1.165) is 50.3 Å². The van der Waals surface area contributed by atoms with Crippen molar-refractivity contribution < 1.29 is 14.6 Å². The number of aliphatic carboxylic acids is 1. The number of piperidine rings is 1. The third kappa shape index (κ3) is 2.78. The van der Waals surface area contributed by atoms with Crippen molar-refractivity contribution in [3.63, 3.8) is 0 Å². The fourth-order valence-electron chi connectivity index (χ4n) is 5.42. The van der Waals surface area contributed by atoms with Gasteiger partial charge in [0.2, 0.25) is 0 Å². The quantitative estimate of drug-likeness (QED) is 0.835. The highest BCUT2D eigenvalue weighted by atomic mass is 16.5. The second-order valence-corrected chi connectivity index (χ2v) is 8.36. The molecule has 0 saturated carbocycles. The summed E-state index contributed by atoms with van der Waals surface area (Å²) >= 11 is 0. The van der Waals surface area contributed by atoms with Crippen LogP contribution in [0.4, 0.5) is 0 Å². The summed E-state index contributed by atoms with van der Waals surface area (Å²) in [6, 6.07) is 4.56. The molecular formula is C19H25N3O4. The predicted molar refractivity (Wildman–Crippen MR) is 94.2 cm³/mol. The minimum absolute atomic E-state index is 0.0922. The molecule has 0 unspecified atom stereocenters. The van der Waals surface area contributed by atoms with E-state index in [2.05, 4.69) is 11.0 Å². The highest BCUT2D eigenvalue weighted by Gasteiger charge is 2.39. The van der Waals surface area contributed by atoms with Crippen LogP contribution in [-0.2, 0) is 22.6 Å². The molecule has 4 bridgehead atoms. The van der Waals surface area contributed by atoms with Gasteiger partial charge >= 0.3 is 5.97 Å². The summed E-state index contributed by atoms with van der Waals surface area (Å²) in [7, 11) is 0. The monoisotopic (exact) mass is 359 g/mol. The van der Waals surface area contributed by atoms with Crippen molar-refractivity contribution >= 4 is 5.97 Å². The maximum absolute atomic E-state index is 13.1. The van der Waals surface area contributed by atoms with E-state index in [4.69, 9.17) is 9.84 Å². The van der Waals surface area contributed by atoms with E-state index in [1.807, 2.05) is 15.5 Å². The maximum Gasteiger partial charge on any atom is 0.317 e. The third-order valence-corrected chi connectivity index (χ3v) is 6.50. The lowest BCUT2D eigenvalue weighted by Crippen LogP contribution is -2.49. The summed E-state index contributed by atoms with van der Waals surface area (Å²) in [5, 5.41) is 9.07. The molecule has 0 spiro atoms. The van der Waals surface area contributed by atoms with Gasteiger partial charge in [0, 0.05) is 55.9 Å². The van der Waals surface area contributed by atoms with Gasteiger partial charge in [0.25, 0.3) is 5.56 Å². The van der Waals surface area contributed by atoms with Gasteiger partial charge in [-0.2, -0.15) is 0 Å². The number of carboxylic acid groups (broad SMARTS) is 1. The van der Waals surface area contributed by atoms with Crippen LogP contribution in [0.1, 0.15) is 30.0 Å². The molecule has 1 N–H and O–H groups in total. The molecule has 4 aliphatic heterocycles. The van der Waals surface area contributed by atoms with Crippen molar-refractivity contribution in [2.45, 2.75) is 44.0 Å².